The van der Waals surface area contributed by atoms with Gasteiger partial charge in [0.15, 0.2) is 0 Å². The summed E-state index contributed by atoms with van der Waals surface area (Å²) in [5.74, 6) is 0.881. The Hall–Kier alpha value is -0.770. The van der Waals surface area contributed by atoms with E-state index in [1.54, 1.807) is 0 Å². The van der Waals surface area contributed by atoms with Crippen molar-refractivity contribution in [3.8, 4) is 0 Å². The van der Waals surface area contributed by atoms with E-state index in [-0.39, 0.29) is 5.54 Å². The average Bonchev–Trinajstić information content (AvgIpc) is 2.24. The Morgan fingerprint density at radius 1 is 1.35 bits per heavy atom. The summed E-state index contributed by atoms with van der Waals surface area (Å²) < 4.78 is 0. The summed E-state index contributed by atoms with van der Waals surface area (Å²) in [4.78, 5) is 10.6. The van der Waals surface area contributed by atoms with Crippen molar-refractivity contribution in [3.63, 3.8) is 0 Å². The highest BCUT2D eigenvalue weighted by Gasteiger charge is 2.19. The van der Waals surface area contributed by atoms with Gasteiger partial charge in [0, 0.05) is 5.54 Å². The van der Waals surface area contributed by atoms with Crippen LogP contribution in [-0.2, 0) is 0 Å². The van der Waals surface area contributed by atoms with Crippen LogP contribution in [0.25, 0.3) is 0 Å². The van der Waals surface area contributed by atoms with Crippen LogP contribution in [0.15, 0.2) is 0 Å². The zero-order valence-electron chi connectivity index (χ0n) is 11.1. The third kappa shape index (κ3) is 6.51. The van der Waals surface area contributed by atoms with Crippen LogP contribution in [0.4, 0.5) is 4.79 Å². The molecule has 0 radical (unpaired) electrons. The maximum atomic E-state index is 10.6. The Balaban J connectivity index is 2.08. The molecule has 1 aliphatic rings. The largest absolute Gasteiger partial charge is 0.465 e. The summed E-state index contributed by atoms with van der Waals surface area (Å²) in [7, 11) is 0. The van der Waals surface area contributed by atoms with Crippen LogP contribution in [0.2, 0.25) is 0 Å². The molecule has 4 heteroatoms. The number of hydrogen-bond acceptors (Lipinski definition) is 2. The van der Waals surface area contributed by atoms with E-state index in [2.05, 4.69) is 10.6 Å². The Kier molecular flexibility index (Phi) is 5.75. The van der Waals surface area contributed by atoms with Gasteiger partial charge in [-0.1, -0.05) is 19.3 Å². The molecule has 0 aromatic carbocycles. The first-order chi connectivity index (χ1) is 7.99. The number of carboxylic acid groups (broad SMARTS) is 1. The monoisotopic (exact) mass is 242 g/mol. The van der Waals surface area contributed by atoms with Crippen LogP contribution in [0.5, 0.6) is 0 Å². The second kappa shape index (κ2) is 6.84. The maximum absolute atomic E-state index is 10.6. The van der Waals surface area contributed by atoms with E-state index in [0.29, 0.717) is 0 Å². The molecule has 1 rings (SSSR count). The van der Waals surface area contributed by atoms with Gasteiger partial charge in [-0.25, -0.2) is 4.79 Å². The number of unbranched alkanes of at least 4 members (excludes halogenated alkanes) is 1. The SMILES string of the molecule is CC(C)(CCCCC1CCNCC1)NC(=O)O. The van der Waals surface area contributed by atoms with Crippen LogP contribution >= 0.6 is 0 Å². The Labute approximate surface area is 104 Å². The fraction of sp³-hybridized carbons (Fsp3) is 0.923. The fourth-order valence-electron chi connectivity index (χ4n) is 2.52. The second-order valence-corrected chi connectivity index (χ2v) is 5.75. The molecule has 1 amide bonds. The van der Waals surface area contributed by atoms with Gasteiger partial charge >= 0.3 is 6.09 Å². The van der Waals surface area contributed by atoms with Crippen LogP contribution in [-0.4, -0.2) is 29.8 Å². The van der Waals surface area contributed by atoms with Gasteiger partial charge in [0.05, 0.1) is 0 Å². The first-order valence-electron chi connectivity index (χ1n) is 6.71. The third-order valence-corrected chi connectivity index (χ3v) is 3.57. The predicted octanol–water partition coefficient (Wildman–Crippen LogP) is 2.59. The van der Waals surface area contributed by atoms with Crippen molar-refractivity contribution in [3.05, 3.63) is 0 Å². The molecular formula is C13H26N2O2. The van der Waals surface area contributed by atoms with Crippen LogP contribution in [0.1, 0.15) is 52.4 Å². The van der Waals surface area contributed by atoms with Crippen molar-refractivity contribution < 1.29 is 9.90 Å². The Bertz CT molecular complexity index is 236. The molecule has 0 unspecified atom stereocenters. The van der Waals surface area contributed by atoms with Crippen molar-refractivity contribution in [1.29, 1.82) is 0 Å². The van der Waals surface area contributed by atoms with Crippen molar-refractivity contribution >= 4 is 6.09 Å². The topological polar surface area (TPSA) is 61.4 Å². The molecule has 0 aromatic rings. The van der Waals surface area contributed by atoms with E-state index in [1.165, 1.54) is 25.7 Å². The smallest absolute Gasteiger partial charge is 0.405 e. The molecule has 0 spiro atoms. The second-order valence-electron chi connectivity index (χ2n) is 5.75. The molecule has 1 aliphatic heterocycles. The molecule has 0 saturated carbocycles. The fourth-order valence-corrected chi connectivity index (χ4v) is 2.52. The molecule has 0 aromatic heterocycles. The van der Waals surface area contributed by atoms with Gasteiger partial charge in [0.25, 0.3) is 0 Å². The molecule has 17 heavy (non-hydrogen) atoms. The first kappa shape index (κ1) is 14.3. The minimum absolute atomic E-state index is 0.292. The van der Waals surface area contributed by atoms with Gasteiger partial charge in [0.2, 0.25) is 0 Å². The highest BCUT2D eigenvalue weighted by molar-refractivity contribution is 5.65. The molecule has 0 aliphatic carbocycles. The van der Waals surface area contributed by atoms with Gasteiger partial charge in [-0.3, -0.25) is 0 Å². The summed E-state index contributed by atoms with van der Waals surface area (Å²) in [5, 5.41) is 14.6. The molecule has 0 bridgehead atoms. The number of nitrogens with one attached hydrogen (secondary N) is 2. The van der Waals surface area contributed by atoms with E-state index in [9.17, 15) is 4.79 Å². The summed E-state index contributed by atoms with van der Waals surface area (Å²) in [6.07, 6.45) is 6.23. The molecular weight excluding hydrogens is 216 g/mol. The molecule has 3 N–H and O–H groups in total. The lowest BCUT2D eigenvalue weighted by Crippen LogP contribution is -2.42. The van der Waals surface area contributed by atoms with Crippen LogP contribution < -0.4 is 10.6 Å². The maximum Gasteiger partial charge on any atom is 0.405 e. The minimum atomic E-state index is -0.923. The van der Waals surface area contributed by atoms with Gasteiger partial charge in [0.1, 0.15) is 0 Å². The predicted molar refractivity (Wildman–Crippen MR) is 69.3 cm³/mol. The van der Waals surface area contributed by atoms with Gasteiger partial charge in [-0.2, -0.15) is 0 Å². The lowest BCUT2D eigenvalue weighted by atomic mass is 9.90. The lowest BCUT2D eigenvalue weighted by molar-refractivity contribution is 0.179. The van der Waals surface area contributed by atoms with E-state index in [0.717, 1.165) is 31.8 Å². The van der Waals surface area contributed by atoms with E-state index < -0.39 is 6.09 Å². The summed E-state index contributed by atoms with van der Waals surface area (Å²) in [6.45, 7) is 6.23. The normalized spacial score (nSPS) is 18.0. The van der Waals surface area contributed by atoms with Crippen molar-refractivity contribution in [2.24, 2.45) is 5.92 Å². The zero-order valence-corrected chi connectivity index (χ0v) is 11.1. The Morgan fingerprint density at radius 3 is 2.59 bits per heavy atom. The molecule has 100 valence electrons. The van der Waals surface area contributed by atoms with E-state index in [4.69, 9.17) is 5.11 Å². The molecule has 1 saturated heterocycles. The van der Waals surface area contributed by atoms with Gasteiger partial charge in [-0.15, -0.1) is 0 Å². The first-order valence-corrected chi connectivity index (χ1v) is 6.71. The average molecular weight is 242 g/mol. The number of rotatable bonds is 6. The van der Waals surface area contributed by atoms with E-state index in [1.807, 2.05) is 13.8 Å². The quantitative estimate of drug-likeness (QED) is 0.627. The van der Waals surface area contributed by atoms with E-state index >= 15 is 0 Å². The Morgan fingerprint density at radius 2 is 2.00 bits per heavy atom. The molecule has 0 atom stereocenters. The lowest BCUT2D eigenvalue weighted by Gasteiger charge is -2.26. The van der Waals surface area contributed by atoms with Crippen LogP contribution in [0.3, 0.4) is 0 Å². The van der Waals surface area contributed by atoms with Crippen LogP contribution in [0, 0.1) is 5.92 Å². The van der Waals surface area contributed by atoms with Gasteiger partial charge in [-0.05, 0) is 52.1 Å². The number of hydrogen-bond donors (Lipinski definition) is 3. The van der Waals surface area contributed by atoms with Gasteiger partial charge < -0.3 is 15.7 Å². The third-order valence-electron chi connectivity index (χ3n) is 3.57. The van der Waals surface area contributed by atoms with Crippen molar-refractivity contribution in [1.82, 2.24) is 10.6 Å². The van der Waals surface area contributed by atoms with Crippen molar-refractivity contribution in [2.75, 3.05) is 13.1 Å². The number of amides is 1. The zero-order chi connectivity index (χ0) is 12.7. The molecule has 4 nitrogen and oxygen atoms in total. The molecule has 1 heterocycles. The molecule has 1 fully saturated rings. The van der Waals surface area contributed by atoms with Crippen molar-refractivity contribution in [2.45, 2.75) is 57.9 Å². The highest BCUT2D eigenvalue weighted by Crippen LogP contribution is 2.21. The number of carbonyl (C=O) groups is 1. The standard InChI is InChI=1S/C13H26N2O2/c1-13(2,15-12(16)17)8-4-3-5-11-6-9-14-10-7-11/h11,14-15H,3-10H2,1-2H3,(H,16,17). The minimum Gasteiger partial charge on any atom is -0.465 e. The number of piperidine rings is 1. The summed E-state index contributed by atoms with van der Waals surface area (Å²) >= 11 is 0. The summed E-state index contributed by atoms with van der Waals surface area (Å²) in [5.41, 5.74) is -0.292. The highest BCUT2D eigenvalue weighted by atomic mass is 16.4. The summed E-state index contributed by atoms with van der Waals surface area (Å²) in [6, 6.07) is 0.